The quantitative estimate of drug-likeness (QED) is 0.877. The first-order valence-electron chi connectivity index (χ1n) is 5.91. The highest BCUT2D eigenvalue weighted by atomic mass is 15.2. The number of para-hydroxylation sites is 1. The highest BCUT2D eigenvalue weighted by molar-refractivity contribution is 5.86. The zero-order chi connectivity index (χ0) is 12.4. The van der Waals surface area contributed by atoms with Crippen molar-refractivity contribution in [3.05, 3.63) is 35.4 Å². The minimum absolute atomic E-state index is 0.642. The number of rotatable bonds is 3. The third-order valence-electron chi connectivity index (χ3n) is 3.09. The van der Waals surface area contributed by atoms with Crippen molar-refractivity contribution in [2.45, 2.75) is 13.8 Å². The van der Waals surface area contributed by atoms with Gasteiger partial charge < -0.3 is 10.6 Å². The van der Waals surface area contributed by atoms with Crippen molar-refractivity contribution >= 4 is 16.7 Å². The molecule has 3 heteroatoms. The molecule has 0 aliphatic rings. The van der Waals surface area contributed by atoms with Gasteiger partial charge in [0.05, 0.1) is 5.52 Å². The summed E-state index contributed by atoms with van der Waals surface area (Å²) in [5.41, 5.74) is 9.15. The lowest BCUT2D eigenvalue weighted by atomic mass is 10.1. The van der Waals surface area contributed by atoms with Crippen LogP contribution in [0.15, 0.2) is 24.3 Å². The maximum atomic E-state index is 5.58. The Morgan fingerprint density at radius 2 is 2.00 bits per heavy atom. The van der Waals surface area contributed by atoms with Crippen LogP contribution in [0.1, 0.15) is 11.1 Å². The van der Waals surface area contributed by atoms with E-state index in [0.29, 0.717) is 6.54 Å². The van der Waals surface area contributed by atoms with E-state index in [1.165, 1.54) is 16.5 Å². The summed E-state index contributed by atoms with van der Waals surface area (Å²) in [4.78, 5) is 6.82. The number of hydrogen-bond donors (Lipinski definition) is 1. The summed E-state index contributed by atoms with van der Waals surface area (Å²) in [5.74, 6) is 0.995. The normalized spacial score (nSPS) is 10.8. The Balaban J connectivity index is 2.57. The van der Waals surface area contributed by atoms with E-state index in [2.05, 4.69) is 43.0 Å². The Morgan fingerprint density at radius 3 is 2.71 bits per heavy atom. The minimum atomic E-state index is 0.642. The Morgan fingerprint density at radius 1 is 1.24 bits per heavy atom. The Bertz CT molecular complexity index is 534. The fourth-order valence-corrected chi connectivity index (χ4v) is 2.05. The van der Waals surface area contributed by atoms with Gasteiger partial charge in [-0.15, -0.1) is 0 Å². The molecule has 2 N–H and O–H groups in total. The standard InChI is InChI=1S/C14H19N3/c1-10-5-4-6-12-11(2)9-13(16-14(10)12)17(3)8-7-15/h4-6,9H,7-8,15H2,1-3H3. The molecule has 17 heavy (non-hydrogen) atoms. The molecule has 0 saturated heterocycles. The molecule has 0 aliphatic heterocycles. The van der Waals surface area contributed by atoms with Gasteiger partial charge in [-0.2, -0.15) is 0 Å². The molecule has 0 fully saturated rings. The van der Waals surface area contributed by atoms with Crippen LogP contribution in [0, 0.1) is 13.8 Å². The van der Waals surface area contributed by atoms with Gasteiger partial charge >= 0.3 is 0 Å². The second kappa shape index (κ2) is 4.72. The Kier molecular flexibility index (Phi) is 3.29. The van der Waals surface area contributed by atoms with Crippen molar-refractivity contribution in [3.8, 4) is 0 Å². The number of likely N-dealkylation sites (N-methyl/N-ethyl adjacent to an activating group) is 1. The first-order valence-corrected chi connectivity index (χ1v) is 5.91. The molecule has 1 aromatic carbocycles. The third-order valence-corrected chi connectivity index (χ3v) is 3.09. The largest absolute Gasteiger partial charge is 0.358 e. The second-order valence-corrected chi connectivity index (χ2v) is 4.48. The molecule has 90 valence electrons. The number of nitrogens with zero attached hydrogens (tertiary/aromatic N) is 2. The Hall–Kier alpha value is -1.61. The highest BCUT2D eigenvalue weighted by Crippen LogP contribution is 2.23. The predicted octanol–water partition coefficient (Wildman–Crippen LogP) is 2.25. The predicted molar refractivity (Wildman–Crippen MR) is 73.5 cm³/mol. The van der Waals surface area contributed by atoms with Crippen LogP contribution < -0.4 is 10.6 Å². The van der Waals surface area contributed by atoms with Gasteiger partial charge in [-0.25, -0.2) is 4.98 Å². The molecule has 1 heterocycles. The van der Waals surface area contributed by atoms with Crippen LogP contribution in [0.3, 0.4) is 0 Å². The molecule has 0 saturated carbocycles. The van der Waals surface area contributed by atoms with E-state index in [1.807, 2.05) is 7.05 Å². The number of aryl methyl sites for hydroxylation is 2. The molecular weight excluding hydrogens is 210 g/mol. The van der Waals surface area contributed by atoms with Crippen LogP contribution in [0.25, 0.3) is 10.9 Å². The number of pyridine rings is 1. The van der Waals surface area contributed by atoms with E-state index in [1.54, 1.807) is 0 Å². The minimum Gasteiger partial charge on any atom is -0.358 e. The second-order valence-electron chi connectivity index (χ2n) is 4.48. The Labute approximate surface area is 102 Å². The van der Waals surface area contributed by atoms with E-state index in [0.717, 1.165) is 17.9 Å². The molecule has 0 bridgehead atoms. The first kappa shape index (κ1) is 11.9. The van der Waals surface area contributed by atoms with Crippen molar-refractivity contribution in [2.75, 3.05) is 25.0 Å². The monoisotopic (exact) mass is 229 g/mol. The maximum Gasteiger partial charge on any atom is 0.129 e. The molecule has 0 amide bonds. The van der Waals surface area contributed by atoms with Gasteiger partial charge in [0.2, 0.25) is 0 Å². The number of nitrogens with two attached hydrogens (primary N) is 1. The van der Waals surface area contributed by atoms with E-state index < -0.39 is 0 Å². The van der Waals surface area contributed by atoms with Crippen molar-refractivity contribution in [1.82, 2.24) is 4.98 Å². The van der Waals surface area contributed by atoms with E-state index in [4.69, 9.17) is 10.7 Å². The van der Waals surface area contributed by atoms with Gasteiger partial charge in [0, 0.05) is 25.5 Å². The number of hydrogen-bond acceptors (Lipinski definition) is 3. The summed E-state index contributed by atoms with van der Waals surface area (Å²) in [7, 11) is 2.03. The van der Waals surface area contributed by atoms with Crippen molar-refractivity contribution in [2.24, 2.45) is 5.73 Å². The molecule has 0 unspecified atom stereocenters. The van der Waals surface area contributed by atoms with Crippen molar-refractivity contribution < 1.29 is 0 Å². The van der Waals surface area contributed by atoms with Gasteiger partial charge in [-0.3, -0.25) is 0 Å². The zero-order valence-electron chi connectivity index (χ0n) is 10.7. The van der Waals surface area contributed by atoms with Gasteiger partial charge in [-0.1, -0.05) is 18.2 Å². The smallest absolute Gasteiger partial charge is 0.129 e. The van der Waals surface area contributed by atoms with Crippen molar-refractivity contribution in [3.63, 3.8) is 0 Å². The van der Waals surface area contributed by atoms with Crippen LogP contribution in [0.2, 0.25) is 0 Å². The number of benzene rings is 1. The summed E-state index contributed by atoms with van der Waals surface area (Å²) >= 11 is 0. The molecule has 2 aromatic rings. The van der Waals surface area contributed by atoms with Crippen molar-refractivity contribution in [1.29, 1.82) is 0 Å². The topological polar surface area (TPSA) is 42.1 Å². The molecule has 0 aliphatic carbocycles. The average Bonchev–Trinajstić information content (AvgIpc) is 2.30. The van der Waals surface area contributed by atoms with Crippen LogP contribution in [-0.4, -0.2) is 25.1 Å². The lowest BCUT2D eigenvalue weighted by Gasteiger charge is -2.19. The molecule has 0 atom stereocenters. The molecule has 2 rings (SSSR count). The SMILES string of the molecule is Cc1cc(N(C)CCN)nc2c(C)cccc12. The van der Waals surface area contributed by atoms with Crippen LogP contribution in [0.5, 0.6) is 0 Å². The molecule has 3 nitrogen and oxygen atoms in total. The lowest BCUT2D eigenvalue weighted by Crippen LogP contribution is -2.25. The molecule has 1 aromatic heterocycles. The number of anilines is 1. The number of fused-ring (bicyclic) bond motifs is 1. The summed E-state index contributed by atoms with van der Waals surface area (Å²) in [6.45, 7) is 5.69. The lowest BCUT2D eigenvalue weighted by molar-refractivity contribution is 0.871. The summed E-state index contributed by atoms with van der Waals surface area (Å²) in [6, 6.07) is 8.42. The van der Waals surface area contributed by atoms with E-state index >= 15 is 0 Å². The van der Waals surface area contributed by atoms with E-state index in [-0.39, 0.29) is 0 Å². The maximum absolute atomic E-state index is 5.58. The van der Waals surface area contributed by atoms with Gasteiger partial charge in [0.15, 0.2) is 0 Å². The molecule has 0 spiro atoms. The van der Waals surface area contributed by atoms with Gasteiger partial charge in [0.25, 0.3) is 0 Å². The van der Waals surface area contributed by atoms with Gasteiger partial charge in [-0.05, 0) is 31.0 Å². The van der Waals surface area contributed by atoms with Gasteiger partial charge in [0.1, 0.15) is 5.82 Å². The van der Waals surface area contributed by atoms with Crippen LogP contribution in [-0.2, 0) is 0 Å². The summed E-state index contributed by atoms with van der Waals surface area (Å²) in [6.07, 6.45) is 0. The zero-order valence-corrected chi connectivity index (χ0v) is 10.7. The fraction of sp³-hybridized carbons (Fsp3) is 0.357. The molecular formula is C14H19N3. The summed E-state index contributed by atoms with van der Waals surface area (Å²) < 4.78 is 0. The third kappa shape index (κ3) is 2.24. The van der Waals surface area contributed by atoms with E-state index in [9.17, 15) is 0 Å². The first-order chi connectivity index (χ1) is 8.13. The summed E-state index contributed by atoms with van der Waals surface area (Å²) in [5, 5.41) is 1.23. The average molecular weight is 229 g/mol. The van der Waals surface area contributed by atoms with Crippen LogP contribution >= 0.6 is 0 Å². The number of aromatic nitrogens is 1. The molecule has 0 radical (unpaired) electrons. The fourth-order valence-electron chi connectivity index (χ4n) is 2.05. The highest BCUT2D eigenvalue weighted by Gasteiger charge is 2.07. The van der Waals surface area contributed by atoms with Crippen LogP contribution in [0.4, 0.5) is 5.82 Å².